The molecule has 0 spiro atoms. The molecule has 0 unspecified atom stereocenters. The number of nitrogens with one attached hydrogen (secondary N) is 2. The van der Waals surface area contributed by atoms with Crippen molar-refractivity contribution in [1.29, 1.82) is 0 Å². The van der Waals surface area contributed by atoms with Crippen LogP contribution < -0.4 is 10.0 Å². The number of hydrogen-bond donors (Lipinski definition) is 2. The SMILES string of the molecule is O=C1CCc2cc(S(=O)(=O)NCCN3CCCC3)ccc2N1. The summed E-state index contributed by atoms with van der Waals surface area (Å²) in [5.41, 5.74) is 1.59. The predicted molar refractivity (Wildman–Crippen MR) is 84.3 cm³/mol. The van der Waals surface area contributed by atoms with E-state index in [9.17, 15) is 13.2 Å². The van der Waals surface area contributed by atoms with Gasteiger partial charge in [0.15, 0.2) is 0 Å². The van der Waals surface area contributed by atoms with E-state index < -0.39 is 10.0 Å². The van der Waals surface area contributed by atoms with E-state index in [1.54, 1.807) is 18.2 Å². The van der Waals surface area contributed by atoms with Crippen molar-refractivity contribution in [3.63, 3.8) is 0 Å². The summed E-state index contributed by atoms with van der Waals surface area (Å²) >= 11 is 0. The molecule has 22 heavy (non-hydrogen) atoms. The van der Waals surface area contributed by atoms with Gasteiger partial charge in [0.2, 0.25) is 15.9 Å². The van der Waals surface area contributed by atoms with Gasteiger partial charge in [-0.1, -0.05) is 0 Å². The summed E-state index contributed by atoms with van der Waals surface area (Å²) < 4.78 is 27.3. The summed E-state index contributed by atoms with van der Waals surface area (Å²) in [5, 5.41) is 2.76. The van der Waals surface area contributed by atoms with Crippen LogP contribution in [0.2, 0.25) is 0 Å². The van der Waals surface area contributed by atoms with E-state index in [4.69, 9.17) is 0 Å². The Labute approximate surface area is 130 Å². The molecule has 1 amide bonds. The zero-order chi connectivity index (χ0) is 15.6. The van der Waals surface area contributed by atoms with Crippen LogP contribution in [0.5, 0.6) is 0 Å². The van der Waals surface area contributed by atoms with Crippen molar-refractivity contribution in [2.75, 3.05) is 31.5 Å². The van der Waals surface area contributed by atoms with Crippen molar-refractivity contribution >= 4 is 21.6 Å². The van der Waals surface area contributed by atoms with E-state index in [0.717, 1.165) is 25.2 Å². The van der Waals surface area contributed by atoms with Crippen LogP contribution in [0.15, 0.2) is 23.1 Å². The van der Waals surface area contributed by atoms with Gasteiger partial charge in [-0.25, -0.2) is 13.1 Å². The highest BCUT2D eigenvalue weighted by Gasteiger charge is 2.20. The monoisotopic (exact) mass is 323 g/mol. The van der Waals surface area contributed by atoms with Crippen molar-refractivity contribution in [2.24, 2.45) is 0 Å². The summed E-state index contributed by atoms with van der Waals surface area (Å²) in [7, 11) is -3.49. The molecule has 2 heterocycles. The van der Waals surface area contributed by atoms with Crippen molar-refractivity contribution in [3.05, 3.63) is 23.8 Å². The third kappa shape index (κ3) is 3.48. The van der Waals surface area contributed by atoms with E-state index in [1.165, 1.54) is 12.8 Å². The lowest BCUT2D eigenvalue weighted by Gasteiger charge is -2.18. The van der Waals surface area contributed by atoms with Gasteiger partial charge in [-0.3, -0.25) is 4.79 Å². The van der Waals surface area contributed by atoms with Crippen molar-refractivity contribution in [1.82, 2.24) is 9.62 Å². The second-order valence-electron chi connectivity index (χ2n) is 5.81. The molecule has 1 aromatic rings. The van der Waals surface area contributed by atoms with E-state index in [1.807, 2.05) is 0 Å². The first kappa shape index (κ1) is 15.5. The number of fused-ring (bicyclic) bond motifs is 1. The zero-order valence-corrected chi connectivity index (χ0v) is 13.3. The summed E-state index contributed by atoms with van der Waals surface area (Å²) in [6.45, 7) is 3.29. The average molecular weight is 323 g/mol. The fourth-order valence-electron chi connectivity index (χ4n) is 2.95. The number of amides is 1. The molecule has 120 valence electrons. The first-order chi connectivity index (χ1) is 10.5. The summed E-state index contributed by atoms with van der Waals surface area (Å²) in [5.74, 6) is -0.0214. The largest absolute Gasteiger partial charge is 0.326 e. The van der Waals surface area contributed by atoms with Gasteiger partial charge in [0, 0.05) is 25.2 Å². The van der Waals surface area contributed by atoms with Crippen molar-refractivity contribution in [3.8, 4) is 0 Å². The molecule has 3 rings (SSSR count). The van der Waals surface area contributed by atoms with Gasteiger partial charge >= 0.3 is 0 Å². The van der Waals surface area contributed by atoms with Gasteiger partial charge in [-0.05, 0) is 56.1 Å². The zero-order valence-electron chi connectivity index (χ0n) is 12.5. The summed E-state index contributed by atoms with van der Waals surface area (Å²) in [4.78, 5) is 13.9. The molecule has 0 atom stereocenters. The van der Waals surface area contributed by atoms with Crippen molar-refractivity contribution in [2.45, 2.75) is 30.6 Å². The third-order valence-electron chi connectivity index (χ3n) is 4.20. The van der Waals surface area contributed by atoms with Crippen LogP contribution in [0, 0.1) is 0 Å². The molecule has 0 aliphatic carbocycles. The molecule has 2 N–H and O–H groups in total. The minimum atomic E-state index is -3.49. The topological polar surface area (TPSA) is 78.5 Å². The molecule has 1 saturated heterocycles. The normalized spacial score (nSPS) is 19.0. The Morgan fingerprint density at radius 1 is 1.18 bits per heavy atom. The van der Waals surface area contributed by atoms with Gasteiger partial charge in [0.25, 0.3) is 0 Å². The Hall–Kier alpha value is -1.44. The van der Waals surface area contributed by atoms with Crippen LogP contribution in [-0.2, 0) is 21.2 Å². The highest BCUT2D eigenvalue weighted by Crippen LogP contribution is 2.25. The summed E-state index contributed by atoms with van der Waals surface area (Å²) in [6.07, 6.45) is 3.38. The van der Waals surface area contributed by atoms with E-state index in [0.29, 0.717) is 25.1 Å². The second-order valence-corrected chi connectivity index (χ2v) is 7.58. The predicted octanol–water partition coefficient (Wildman–Crippen LogP) is 0.945. The fraction of sp³-hybridized carbons (Fsp3) is 0.533. The molecule has 2 aliphatic rings. The highest BCUT2D eigenvalue weighted by molar-refractivity contribution is 7.89. The minimum absolute atomic E-state index is 0.0214. The van der Waals surface area contributed by atoms with Gasteiger partial charge in [-0.2, -0.15) is 0 Å². The molecular formula is C15H21N3O3S. The lowest BCUT2D eigenvalue weighted by atomic mass is 10.0. The number of anilines is 1. The van der Waals surface area contributed by atoms with Crippen LogP contribution in [0.25, 0.3) is 0 Å². The Bertz CT molecular complexity index is 667. The Balaban J connectivity index is 1.65. The van der Waals surface area contributed by atoms with Crippen LogP contribution in [0.3, 0.4) is 0 Å². The maximum absolute atomic E-state index is 12.3. The first-order valence-corrected chi connectivity index (χ1v) is 9.18. The lowest BCUT2D eigenvalue weighted by Crippen LogP contribution is -2.33. The molecule has 1 fully saturated rings. The van der Waals surface area contributed by atoms with Gasteiger partial charge < -0.3 is 10.2 Å². The number of aryl methyl sites for hydroxylation is 1. The van der Waals surface area contributed by atoms with Crippen LogP contribution in [-0.4, -0.2) is 45.4 Å². The van der Waals surface area contributed by atoms with Gasteiger partial charge in [0.05, 0.1) is 4.90 Å². The molecule has 1 aromatic carbocycles. The number of carbonyl (C=O) groups is 1. The number of carbonyl (C=O) groups excluding carboxylic acids is 1. The number of hydrogen-bond acceptors (Lipinski definition) is 4. The quantitative estimate of drug-likeness (QED) is 0.845. The average Bonchev–Trinajstić information content (AvgIpc) is 2.99. The molecular weight excluding hydrogens is 302 g/mol. The Morgan fingerprint density at radius 2 is 1.95 bits per heavy atom. The third-order valence-corrected chi connectivity index (χ3v) is 5.66. The maximum Gasteiger partial charge on any atom is 0.240 e. The van der Waals surface area contributed by atoms with E-state index >= 15 is 0 Å². The number of likely N-dealkylation sites (tertiary alicyclic amines) is 1. The van der Waals surface area contributed by atoms with Crippen molar-refractivity contribution < 1.29 is 13.2 Å². The molecule has 7 heteroatoms. The number of sulfonamides is 1. The van der Waals surface area contributed by atoms with E-state index in [-0.39, 0.29) is 10.8 Å². The molecule has 0 bridgehead atoms. The van der Waals surface area contributed by atoms with Crippen LogP contribution >= 0.6 is 0 Å². The van der Waals surface area contributed by atoms with Gasteiger partial charge in [-0.15, -0.1) is 0 Å². The molecule has 2 aliphatic heterocycles. The van der Waals surface area contributed by atoms with E-state index in [2.05, 4.69) is 14.9 Å². The standard InChI is InChI=1S/C15H21N3O3S/c19-15-6-3-12-11-13(4-5-14(12)17-15)22(20,21)16-7-10-18-8-1-2-9-18/h4-5,11,16H,1-3,6-10H2,(H,17,19). The second kappa shape index (κ2) is 6.36. The minimum Gasteiger partial charge on any atom is -0.326 e. The lowest BCUT2D eigenvalue weighted by molar-refractivity contribution is -0.116. The number of benzene rings is 1. The van der Waals surface area contributed by atoms with Gasteiger partial charge in [0.1, 0.15) is 0 Å². The number of nitrogens with zero attached hydrogens (tertiary/aromatic N) is 1. The first-order valence-electron chi connectivity index (χ1n) is 7.69. The molecule has 6 nitrogen and oxygen atoms in total. The highest BCUT2D eigenvalue weighted by atomic mass is 32.2. The molecule has 0 aromatic heterocycles. The number of rotatable bonds is 5. The van der Waals surface area contributed by atoms with Crippen LogP contribution in [0.1, 0.15) is 24.8 Å². The summed E-state index contributed by atoms with van der Waals surface area (Å²) in [6, 6.07) is 4.87. The van der Waals surface area contributed by atoms with Crippen LogP contribution in [0.4, 0.5) is 5.69 Å². The Kier molecular flexibility index (Phi) is 4.46. The Morgan fingerprint density at radius 3 is 2.73 bits per heavy atom. The maximum atomic E-state index is 12.3. The fourth-order valence-corrected chi connectivity index (χ4v) is 4.03. The molecule has 0 radical (unpaired) electrons. The molecule has 0 saturated carbocycles. The smallest absolute Gasteiger partial charge is 0.240 e.